The quantitative estimate of drug-likeness (QED) is 0.263. The smallest absolute Gasteiger partial charge is 0.256 e. The van der Waals surface area contributed by atoms with E-state index in [1.165, 1.54) is 0 Å². The Hall–Kier alpha value is -4.98. The first-order valence-electron chi connectivity index (χ1n) is 11.2. The van der Waals surface area contributed by atoms with Crippen LogP contribution in [0.3, 0.4) is 0 Å². The average Bonchev–Trinajstić information content (AvgIpc) is 3.60. The molecule has 0 aliphatic carbocycles. The van der Waals surface area contributed by atoms with Crippen molar-refractivity contribution in [3.8, 4) is 22.8 Å². The summed E-state index contributed by atoms with van der Waals surface area (Å²) in [5.74, 6) is 1.21. The third kappa shape index (κ3) is 3.97. The van der Waals surface area contributed by atoms with E-state index in [0.29, 0.717) is 11.4 Å². The highest BCUT2D eigenvalue weighted by molar-refractivity contribution is 6.35. The van der Waals surface area contributed by atoms with Gasteiger partial charge in [0.15, 0.2) is 11.6 Å². The lowest BCUT2D eigenvalue weighted by Gasteiger charge is -2.09. The number of hydrogen-bond acceptors (Lipinski definition) is 5. The molecule has 1 amide bonds. The summed E-state index contributed by atoms with van der Waals surface area (Å²) >= 11 is 0. The summed E-state index contributed by atoms with van der Waals surface area (Å²) in [7, 11) is 0. The molecule has 0 saturated carbocycles. The van der Waals surface area contributed by atoms with Crippen LogP contribution >= 0.6 is 0 Å². The summed E-state index contributed by atoms with van der Waals surface area (Å²) in [6.07, 6.45) is 3.43. The summed E-state index contributed by atoms with van der Waals surface area (Å²) in [5, 5.41) is 13.8. The monoisotopic (exact) mass is 459 g/mol. The highest BCUT2D eigenvalue weighted by atomic mass is 16.2. The maximum Gasteiger partial charge on any atom is 0.256 e. The molecule has 3 aromatic carbocycles. The molecule has 2 aromatic heterocycles. The Morgan fingerprint density at radius 3 is 2.57 bits per heavy atom. The van der Waals surface area contributed by atoms with E-state index in [1.54, 1.807) is 6.33 Å². The summed E-state index contributed by atoms with van der Waals surface area (Å²) < 4.78 is 0. The molecule has 1 aliphatic heterocycles. The molecule has 8 heteroatoms. The largest absolute Gasteiger partial charge is 0.355 e. The first-order chi connectivity index (χ1) is 17.1. The summed E-state index contributed by atoms with van der Waals surface area (Å²) in [4.78, 5) is 24.5. The Labute approximate surface area is 201 Å². The lowest BCUT2D eigenvalue weighted by atomic mass is 10.0. The second-order valence-corrected chi connectivity index (χ2v) is 8.26. The summed E-state index contributed by atoms with van der Waals surface area (Å²) in [6.45, 7) is 1.93. The van der Waals surface area contributed by atoms with Gasteiger partial charge in [-0.25, -0.2) is 9.97 Å². The second kappa shape index (κ2) is 8.42. The third-order valence-corrected chi connectivity index (χ3v) is 5.89. The van der Waals surface area contributed by atoms with Gasteiger partial charge in [-0.2, -0.15) is 5.10 Å². The van der Waals surface area contributed by atoms with Gasteiger partial charge in [0, 0.05) is 33.8 Å². The summed E-state index contributed by atoms with van der Waals surface area (Å²) in [6, 6.07) is 23.6. The van der Waals surface area contributed by atoms with Crippen LogP contribution in [0.5, 0.6) is 0 Å². The molecule has 8 nitrogen and oxygen atoms in total. The van der Waals surface area contributed by atoms with Crippen LogP contribution in [0, 0.1) is 6.92 Å². The maximum atomic E-state index is 12.6. The molecule has 0 unspecified atom stereocenters. The van der Waals surface area contributed by atoms with Crippen molar-refractivity contribution in [3.05, 3.63) is 96.1 Å². The van der Waals surface area contributed by atoms with E-state index >= 15 is 0 Å². The molecule has 0 spiro atoms. The van der Waals surface area contributed by atoms with Gasteiger partial charge in [-0.3, -0.25) is 9.89 Å². The molecule has 35 heavy (non-hydrogen) atoms. The Morgan fingerprint density at radius 2 is 1.74 bits per heavy atom. The highest BCUT2D eigenvalue weighted by Crippen LogP contribution is 2.36. The van der Waals surface area contributed by atoms with Crippen LogP contribution in [-0.2, 0) is 4.79 Å². The molecule has 0 bridgehead atoms. The van der Waals surface area contributed by atoms with Crippen LogP contribution in [0.4, 0.5) is 17.1 Å². The van der Waals surface area contributed by atoms with Gasteiger partial charge in [0.25, 0.3) is 5.91 Å². The molecule has 0 fully saturated rings. The number of aryl methyl sites for hydroxylation is 1. The number of H-pyrrole nitrogens is 2. The minimum atomic E-state index is -0.139. The average molecular weight is 460 g/mol. The lowest BCUT2D eigenvalue weighted by molar-refractivity contribution is -0.110. The predicted octanol–water partition coefficient (Wildman–Crippen LogP) is 5.41. The van der Waals surface area contributed by atoms with Crippen molar-refractivity contribution < 1.29 is 4.79 Å². The molecule has 3 heterocycles. The number of fused-ring (bicyclic) bond motifs is 1. The lowest BCUT2D eigenvalue weighted by Crippen LogP contribution is -2.03. The number of carbonyl (C=O) groups is 1. The Bertz CT molecular complexity index is 1580. The molecule has 6 rings (SSSR count). The molecule has 4 N–H and O–H groups in total. The molecule has 1 aliphatic rings. The van der Waals surface area contributed by atoms with Gasteiger partial charge in [0.2, 0.25) is 0 Å². The number of nitrogens with zero attached hydrogens (tertiary/aromatic N) is 3. The first kappa shape index (κ1) is 20.6. The van der Waals surface area contributed by atoms with Gasteiger partial charge in [0.05, 0.1) is 23.3 Å². The Balaban J connectivity index is 1.24. The van der Waals surface area contributed by atoms with E-state index in [4.69, 9.17) is 0 Å². The fourth-order valence-electron chi connectivity index (χ4n) is 4.09. The SMILES string of the molecule is Cc1[nH]cnc1/C=C1\C(=O)Nc2cc(Nc3cccc(-c4n[nH]c(-c5ccccc5)n4)c3)ccc21. The molecule has 0 atom stereocenters. The van der Waals surface area contributed by atoms with Crippen molar-refractivity contribution in [2.24, 2.45) is 0 Å². The van der Waals surface area contributed by atoms with Crippen molar-refractivity contribution in [2.45, 2.75) is 6.92 Å². The van der Waals surface area contributed by atoms with Crippen LogP contribution in [0.15, 0.2) is 79.1 Å². The van der Waals surface area contributed by atoms with Gasteiger partial charge in [-0.05, 0) is 37.3 Å². The van der Waals surface area contributed by atoms with E-state index in [2.05, 4.69) is 35.8 Å². The van der Waals surface area contributed by atoms with Crippen LogP contribution in [0.25, 0.3) is 34.4 Å². The van der Waals surface area contributed by atoms with E-state index < -0.39 is 0 Å². The Morgan fingerprint density at radius 1 is 0.914 bits per heavy atom. The van der Waals surface area contributed by atoms with Gasteiger partial charge >= 0.3 is 0 Å². The topological polar surface area (TPSA) is 111 Å². The number of rotatable bonds is 5. The molecular formula is C27H21N7O. The van der Waals surface area contributed by atoms with Gasteiger partial charge in [-0.15, -0.1) is 0 Å². The number of aromatic nitrogens is 5. The van der Waals surface area contributed by atoms with E-state index in [0.717, 1.165) is 51.0 Å². The van der Waals surface area contributed by atoms with Crippen LogP contribution < -0.4 is 10.6 Å². The van der Waals surface area contributed by atoms with E-state index in [1.807, 2.05) is 85.8 Å². The number of aromatic amines is 2. The number of hydrogen-bond donors (Lipinski definition) is 4. The standard InChI is InChI=1S/C27H21N7O/c1-16-23(29-15-28-16)14-22-21-11-10-20(13-24(21)31-27(22)35)30-19-9-5-8-18(12-19)26-32-25(33-34-26)17-6-3-2-4-7-17/h2-15,30H,1H3,(H,28,29)(H,31,35)(H,32,33,34)/b22-14-. The van der Waals surface area contributed by atoms with Crippen molar-refractivity contribution in [3.63, 3.8) is 0 Å². The second-order valence-electron chi connectivity index (χ2n) is 8.26. The van der Waals surface area contributed by atoms with Crippen molar-refractivity contribution in [1.29, 1.82) is 0 Å². The number of benzene rings is 3. The van der Waals surface area contributed by atoms with Crippen LogP contribution in [0.1, 0.15) is 17.0 Å². The van der Waals surface area contributed by atoms with Gasteiger partial charge < -0.3 is 15.6 Å². The zero-order valence-electron chi connectivity index (χ0n) is 18.8. The number of anilines is 3. The summed E-state index contributed by atoms with van der Waals surface area (Å²) in [5.41, 5.74) is 7.51. The zero-order valence-corrected chi connectivity index (χ0v) is 18.8. The van der Waals surface area contributed by atoms with Crippen molar-refractivity contribution in [1.82, 2.24) is 25.1 Å². The van der Waals surface area contributed by atoms with Crippen molar-refractivity contribution >= 4 is 34.6 Å². The van der Waals surface area contributed by atoms with Crippen LogP contribution in [-0.4, -0.2) is 31.1 Å². The number of amides is 1. The minimum Gasteiger partial charge on any atom is -0.355 e. The number of imidazole rings is 1. The first-order valence-corrected chi connectivity index (χ1v) is 11.2. The maximum absolute atomic E-state index is 12.6. The van der Waals surface area contributed by atoms with E-state index in [9.17, 15) is 4.79 Å². The number of carbonyl (C=O) groups excluding carboxylic acids is 1. The van der Waals surface area contributed by atoms with Crippen molar-refractivity contribution in [2.75, 3.05) is 10.6 Å². The minimum absolute atomic E-state index is 0.139. The molecule has 5 aromatic rings. The normalized spacial score (nSPS) is 13.6. The fraction of sp³-hybridized carbons (Fsp3) is 0.0370. The Kier molecular flexibility index (Phi) is 4.96. The zero-order chi connectivity index (χ0) is 23.8. The van der Waals surface area contributed by atoms with Crippen LogP contribution in [0.2, 0.25) is 0 Å². The molecule has 0 saturated heterocycles. The van der Waals surface area contributed by atoms with Gasteiger partial charge in [0.1, 0.15) is 0 Å². The molecule has 0 radical (unpaired) electrons. The third-order valence-electron chi connectivity index (χ3n) is 5.89. The fourth-order valence-corrected chi connectivity index (χ4v) is 4.09. The molecule has 170 valence electrons. The van der Waals surface area contributed by atoms with Gasteiger partial charge in [-0.1, -0.05) is 48.5 Å². The predicted molar refractivity (Wildman–Crippen MR) is 137 cm³/mol. The molecular weight excluding hydrogens is 438 g/mol. The van der Waals surface area contributed by atoms with E-state index in [-0.39, 0.29) is 5.91 Å². The highest BCUT2D eigenvalue weighted by Gasteiger charge is 2.25. The number of nitrogens with one attached hydrogen (secondary N) is 4.